The standard InChI is InChI=1S/C9H17N/c1-8-7-9(8)5-3-2-4-6-10-9/h8,10H,2-7H2,1H3. The van der Waals surface area contributed by atoms with E-state index in [1.807, 2.05) is 0 Å². The van der Waals surface area contributed by atoms with Crippen LogP contribution in [0.25, 0.3) is 0 Å². The molecule has 1 N–H and O–H groups in total. The van der Waals surface area contributed by atoms with Crippen LogP contribution in [0.3, 0.4) is 0 Å². The molecule has 0 amide bonds. The average Bonchev–Trinajstić information content (AvgIpc) is 2.60. The topological polar surface area (TPSA) is 12.0 Å². The van der Waals surface area contributed by atoms with Crippen molar-refractivity contribution in [3.05, 3.63) is 0 Å². The largest absolute Gasteiger partial charge is 0.311 e. The molecule has 1 heterocycles. The lowest BCUT2D eigenvalue weighted by Gasteiger charge is -2.13. The van der Waals surface area contributed by atoms with Crippen LogP contribution in [0.1, 0.15) is 39.0 Å². The Balaban J connectivity index is 1.95. The van der Waals surface area contributed by atoms with Gasteiger partial charge in [0.2, 0.25) is 0 Å². The summed E-state index contributed by atoms with van der Waals surface area (Å²) >= 11 is 0. The molecule has 1 spiro atoms. The first-order valence-electron chi connectivity index (χ1n) is 4.58. The fraction of sp³-hybridized carbons (Fsp3) is 1.00. The van der Waals surface area contributed by atoms with Crippen LogP contribution in [-0.4, -0.2) is 12.1 Å². The summed E-state index contributed by atoms with van der Waals surface area (Å²) in [5.41, 5.74) is 0.622. The number of nitrogens with one attached hydrogen (secondary N) is 1. The number of rotatable bonds is 0. The molecule has 10 heavy (non-hydrogen) atoms. The van der Waals surface area contributed by atoms with Crippen LogP contribution < -0.4 is 5.32 Å². The molecule has 1 saturated carbocycles. The normalized spacial score (nSPS) is 47.1. The van der Waals surface area contributed by atoms with Gasteiger partial charge in [-0.2, -0.15) is 0 Å². The molecule has 2 aliphatic rings. The van der Waals surface area contributed by atoms with Gasteiger partial charge in [-0.1, -0.05) is 19.8 Å². The monoisotopic (exact) mass is 139 g/mol. The van der Waals surface area contributed by atoms with Crippen molar-refractivity contribution in [1.82, 2.24) is 5.32 Å². The Labute approximate surface area is 63.2 Å². The summed E-state index contributed by atoms with van der Waals surface area (Å²) in [6.45, 7) is 3.64. The first-order chi connectivity index (χ1) is 4.83. The summed E-state index contributed by atoms with van der Waals surface area (Å²) < 4.78 is 0. The molecule has 1 aliphatic heterocycles. The van der Waals surface area contributed by atoms with E-state index < -0.39 is 0 Å². The van der Waals surface area contributed by atoms with E-state index in [1.165, 1.54) is 38.6 Å². The minimum Gasteiger partial charge on any atom is -0.311 e. The second-order valence-electron chi connectivity index (χ2n) is 4.00. The quantitative estimate of drug-likeness (QED) is 0.540. The van der Waals surface area contributed by atoms with Crippen molar-refractivity contribution in [1.29, 1.82) is 0 Å². The molecule has 2 unspecified atom stereocenters. The van der Waals surface area contributed by atoms with Gasteiger partial charge in [0.25, 0.3) is 0 Å². The third-order valence-electron chi connectivity index (χ3n) is 3.23. The highest BCUT2D eigenvalue weighted by molar-refractivity contribution is 5.08. The summed E-state index contributed by atoms with van der Waals surface area (Å²) in [5.74, 6) is 0.964. The van der Waals surface area contributed by atoms with Gasteiger partial charge in [0.1, 0.15) is 0 Å². The van der Waals surface area contributed by atoms with Crippen LogP contribution in [0.4, 0.5) is 0 Å². The van der Waals surface area contributed by atoms with E-state index in [-0.39, 0.29) is 0 Å². The Kier molecular flexibility index (Phi) is 1.48. The molecule has 2 fully saturated rings. The zero-order chi connectivity index (χ0) is 7.03. The van der Waals surface area contributed by atoms with Gasteiger partial charge in [-0.3, -0.25) is 0 Å². The maximum atomic E-state index is 3.68. The van der Waals surface area contributed by atoms with Crippen LogP contribution in [0, 0.1) is 5.92 Å². The fourth-order valence-corrected chi connectivity index (χ4v) is 2.25. The van der Waals surface area contributed by atoms with Gasteiger partial charge < -0.3 is 5.32 Å². The maximum absolute atomic E-state index is 3.68. The molecule has 0 aromatic heterocycles. The Bertz CT molecular complexity index is 123. The highest BCUT2D eigenvalue weighted by Gasteiger charge is 2.49. The van der Waals surface area contributed by atoms with Crippen molar-refractivity contribution >= 4 is 0 Å². The van der Waals surface area contributed by atoms with E-state index in [4.69, 9.17) is 0 Å². The van der Waals surface area contributed by atoms with Crippen LogP contribution in [-0.2, 0) is 0 Å². The van der Waals surface area contributed by atoms with Crippen molar-refractivity contribution in [2.45, 2.75) is 44.6 Å². The third kappa shape index (κ3) is 0.968. The van der Waals surface area contributed by atoms with E-state index in [2.05, 4.69) is 12.2 Å². The molecule has 1 aliphatic carbocycles. The van der Waals surface area contributed by atoms with Gasteiger partial charge in [-0.25, -0.2) is 0 Å². The molecular formula is C9H17N. The smallest absolute Gasteiger partial charge is 0.0210 e. The SMILES string of the molecule is CC1CC12CCCCCN2. The van der Waals surface area contributed by atoms with Gasteiger partial charge in [0.05, 0.1) is 0 Å². The van der Waals surface area contributed by atoms with Crippen molar-refractivity contribution < 1.29 is 0 Å². The molecule has 0 aromatic carbocycles. The van der Waals surface area contributed by atoms with E-state index in [9.17, 15) is 0 Å². The summed E-state index contributed by atoms with van der Waals surface area (Å²) in [4.78, 5) is 0. The molecular weight excluding hydrogens is 122 g/mol. The molecule has 2 atom stereocenters. The predicted octanol–water partition coefficient (Wildman–Crippen LogP) is 1.93. The lowest BCUT2D eigenvalue weighted by Crippen LogP contribution is -2.31. The lowest BCUT2D eigenvalue weighted by atomic mass is 10.1. The third-order valence-corrected chi connectivity index (χ3v) is 3.23. The zero-order valence-electron chi connectivity index (χ0n) is 6.82. The van der Waals surface area contributed by atoms with E-state index in [0.29, 0.717) is 5.54 Å². The van der Waals surface area contributed by atoms with Crippen molar-refractivity contribution in [3.8, 4) is 0 Å². The summed E-state index contributed by atoms with van der Waals surface area (Å²) in [7, 11) is 0. The van der Waals surface area contributed by atoms with Gasteiger partial charge in [-0.05, 0) is 31.7 Å². The molecule has 2 rings (SSSR count). The Morgan fingerprint density at radius 1 is 1.30 bits per heavy atom. The molecule has 0 radical (unpaired) electrons. The van der Waals surface area contributed by atoms with Crippen molar-refractivity contribution in [3.63, 3.8) is 0 Å². The molecule has 0 aromatic rings. The van der Waals surface area contributed by atoms with Crippen LogP contribution in [0.2, 0.25) is 0 Å². The summed E-state index contributed by atoms with van der Waals surface area (Å²) in [6, 6.07) is 0. The van der Waals surface area contributed by atoms with Crippen LogP contribution >= 0.6 is 0 Å². The highest BCUT2D eigenvalue weighted by Crippen LogP contribution is 2.47. The second kappa shape index (κ2) is 2.23. The van der Waals surface area contributed by atoms with Gasteiger partial charge in [0.15, 0.2) is 0 Å². The molecule has 1 heteroatoms. The molecule has 58 valence electrons. The molecule has 1 saturated heterocycles. The Morgan fingerprint density at radius 2 is 2.10 bits per heavy atom. The van der Waals surface area contributed by atoms with E-state index >= 15 is 0 Å². The number of hydrogen-bond donors (Lipinski definition) is 1. The van der Waals surface area contributed by atoms with Gasteiger partial charge in [0, 0.05) is 5.54 Å². The lowest BCUT2D eigenvalue weighted by molar-refractivity contribution is 0.462. The van der Waals surface area contributed by atoms with Crippen LogP contribution in [0.5, 0.6) is 0 Å². The summed E-state index contributed by atoms with van der Waals surface area (Å²) in [6.07, 6.45) is 7.18. The molecule has 0 bridgehead atoms. The van der Waals surface area contributed by atoms with Gasteiger partial charge in [-0.15, -0.1) is 0 Å². The first-order valence-corrected chi connectivity index (χ1v) is 4.58. The maximum Gasteiger partial charge on any atom is 0.0210 e. The van der Waals surface area contributed by atoms with E-state index in [1.54, 1.807) is 0 Å². The summed E-state index contributed by atoms with van der Waals surface area (Å²) in [5, 5.41) is 3.68. The number of hydrogen-bond acceptors (Lipinski definition) is 1. The fourth-order valence-electron chi connectivity index (χ4n) is 2.25. The average molecular weight is 139 g/mol. The second-order valence-corrected chi connectivity index (χ2v) is 4.00. The first kappa shape index (κ1) is 6.66. The zero-order valence-corrected chi connectivity index (χ0v) is 6.82. The van der Waals surface area contributed by atoms with Crippen molar-refractivity contribution in [2.75, 3.05) is 6.54 Å². The molecule has 1 nitrogen and oxygen atoms in total. The minimum atomic E-state index is 0.622. The minimum absolute atomic E-state index is 0.622. The van der Waals surface area contributed by atoms with Crippen molar-refractivity contribution in [2.24, 2.45) is 5.92 Å². The Morgan fingerprint density at radius 3 is 2.80 bits per heavy atom. The van der Waals surface area contributed by atoms with E-state index in [0.717, 1.165) is 5.92 Å². The predicted molar refractivity (Wildman–Crippen MR) is 43.0 cm³/mol. The van der Waals surface area contributed by atoms with Crippen LogP contribution in [0.15, 0.2) is 0 Å². The van der Waals surface area contributed by atoms with Gasteiger partial charge >= 0.3 is 0 Å². The Hall–Kier alpha value is -0.0400. The highest BCUT2D eigenvalue weighted by atomic mass is 15.0.